The van der Waals surface area contributed by atoms with E-state index >= 15 is 0 Å². The van der Waals surface area contributed by atoms with Gasteiger partial charge in [-0.2, -0.15) is 0 Å². The fourth-order valence-electron chi connectivity index (χ4n) is 0.635. The van der Waals surface area contributed by atoms with Gasteiger partial charge in [-0.1, -0.05) is 12.2 Å². The summed E-state index contributed by atoms with van der Waals surface area (Å²) in [5, 5.41) is 0. The van der Waals surface area contributed by atoms with Crippen molar-refractivity contribution < 1.29 is 19.1 Å². The van der Waals surface area contributed by atoms with Crippen molar-refractivity contribution in [2.45, 2.75) is 20.3 Å². The van der Waals surface area contributed by atoms with E-state index in [-0.39, 0.29) is 13.2 Å². The lowest BCUT2D eigenvalue weighted by atomic mass is 10.4. The third-order valence-corrected chi connectivity index (χ3v) is 1.20. The molecule has 0 unspecified atom stereocenters. The van der Waals surface area contributed by atoms with Gasteiger partial charge < -0.3 is 9.47 Å². The van der Waals surface area contributed by atoms with Crippen LogP contribution in [0.5, 0.6) is 0 Å². The van der Waals surface area contributed by atoms with Crippen LogP contribution >= 0.6 is 0 Å². The highest BCUT2D eigenvalue weighted by Crippen LogP contribution is 1.88. The zero-order valence-electron chi connectivity index (χ0n) is 7.91. The zero-order chi connectivity index (χ0) is 10.1. The molecule has 0 fully saturated rings. The maximum Gasteiger partial charge on any atom is 0.417 e. The monoisotopic (exact) mass is 186 g/mol. The van der Waals surface area contributed by atoms with Gasteiger partial charge in [-0.25, -0.2) is 9.59 Å². The Morgan fingerprint density at radius 1 is 1.23 bits per heavy atom. The highest BCUT2D eigenvalue weighted by molar-refractivity contribution is 6.29. The van der Waals surface area contributed by atoms with Crippen LogP contribution in [-0.2, 0) is 19.1 Å². The Kier molecular flexibility index (Phi) is 6.59. The highest BCUT2D eigenvalue weighted by atomic mass is 16.6. The molecule has 0 saturated heterocycles. The van der Waals surface area contributed by atoms with Crippen molar-refractivity contribution in [1.82, 2.24) is 0 Å². The van der Waals surface area contributed by atoms with Gasteiger partial charge in [0.1, 0.15) is 0 Å². The molecule has 0 heterocycles. The summed E-state index contributed by atoms with van der Waals surface area (Å²) in [6, 6.07) is 0. The van der Waals surface area contributed by atoms with Crippen LogP contribution in [-0.4, -0.2) is 25.2 Å². The molecule has 0 aliphatic carbocycles. The molecule has 0 atom stereocenters. The lowest BCUT2D eigenvalue weighted by Crippen LogP contribution is -2.20. The molecule has 13 heavy (non-hydrogen) atoms. The molecule has 4 heteroatoms. The van der Waals surface area contributed by atoms with Gasteiger partial charge >= 0.3 is 11.9 Å². The van der Waals surface area contributed by atoms with Gasteiger partial charge in [0.2, 0.25) is 0 Å². The van der Waals surface area contributed by atoms with Gasteiger partial charge in [0.25, 0.3) is 0 Å². The van der Waals surface area contributed by atoms with Crippen LogP contribution in [0.15, 0.2) is 12.2 Å². The van der Waals surface area contributed by atoms with E-state index in [1.54, 1.807) is 6.92 Å². The van der Waals surface area contributed by atoms with Crippen molar-refractivity contribution in [2.75, 3.05) is 13.2 Å². The normalized spacial score (nSPS) is 10.0. The van der Waals surface area contributed by atoms with E-state index in [0.29, 0.717) is 6.42 Å². The predicted octanol–water partition coefficient (Wildman–Crippen LogP) is 1.06. The van der Waals surface area contributed by atoms with E-state index in [1.807, 2.05) is 19.1 Å². The number of hydrogen-bond acceptors (Lipinski definition) is 4. The van der Waals surface area contributed by atoms with E-state index < -0.39 is 11.9 Å². The van der Waals surface area contributed by atoms with Gasteiger partial charge in [-0.3, -0.25) is 0 Å². The van der Waals surface area contributed by atoms with Gasteiger partial charge in [-0.05, 0) is 20.3 Å². The van der Waals surface area contributed by atoms with E-state index in [9.17, 15) is 9.59 Å². The van der Waals surface area contributed by atoms with Crippen molar-refractivity contribution in [3.8, 4) is 0 Å². The third kappa shape index (κ3) is 5.90. The third-order valence-electron chi connectivity index (χ3n) is 1.20. The van der Waals surface area contributed by atoms with Crippen LogP contribution < -0.4 is 0 Å². The molecular weight excluding hydrogens is 172 g/mol. The van der Waals surface area contributed by atoms with Crippen molar-refractivity contribution in [2.24, 2.45) is 0 Å². The molecule has 0 aromatic rings. The fourth-order valence-corrected chi connectivity index (χ4v) is 0.635. The number of esters is 2. The Morgan fingerprint density at radius 3 is 2.38 bits per heavy atom. The van der Waals surface area contributed by atoms with Crippen LogP contribution in [0.2, 0.25) is 0 Å². The first-order valence-corrected chi connectivity index (χ1v) is 4.17. The number of carbonyl (C=O) groups is 2. The first kappa shape index (κ1) is 11.7. The Hall–Kier alpha value is -1.32. The SMILES string of the molecule is CC=CCCOC(=O)C(=O)OCC. The smallest absolute Gasteiger partial charge is 0.417 e. The van der Waals surface area contributed by atoms with Gasteiger partial charge in [-0.15, -0.1) is 0 Å². The summed E-state index contributed by atoms with van der Waals surface area (Å²) in [7, 11) is 0. The molecule has 0 rings (SSSR count). The Bertz CT molecular complexity index is 196. The molecule has 0 bridgehead atoms. The zero-order valence-corrected chi connectivity index (χ0v) is 7.91. The average Bonchev–Trinajstić information content (AvgIpc) is 2.12. The topological polar surface area (TPSA) is 52.6 Å². The summed E-state index contributed by atoms with van der Waals surface area (Å²) in [5.41, 5.74) is 0. The van der Waals surface area contributed by atoms with Gasteiger partial charge in [0.15, 0.2) is 0 Å². The van der Waals surface area contributed by atoms with Crippen molar-refractivity contribution in [1.29, 1.82) is 0 Å². The van der Waals surface area contributed by atoms with E-state index in [0.717, 1.165) is 0 Å². The minimum absolute atomic E-state index is 0.183. The summed E-state index contributed by atoms with van der Waals surface area (Å²) < 4.78 is 9.02. The van der Waals surface area contributed by atoms with E-state index in [1.165, 1.54) is 0 Å². The molecular formula is C9H14O4. The van der Waals surface area contributed by atoms with Crippen LogP contribution in [0.25, 0.3) is 0 Å². The molecule has 4 nitrogen and oxygen atoms in total. The van der Waals surface area contributed by atoms with Crippen LogP contribution in [0.4, 0.5) is 0 Å². The Morgan fingerprint density at radius 2 is 1.85 bits per heavy atom. The fraction of sp³-hybridized carbons (Fsp3) is 0.556. The van der Waals surface area contributed by atoms with Crippen molar-refractivity contribution in [3.05, 3.63) is 12.2 Å². The summed E-state index contributed by atoms with van der Waals surface area (Å²) >= 11 is 0. The summed E-state index contributed by atoms with van der Waals surface area (Å²) in [6.07, 6.45) is 4.30. The summed E-state index contributed by atoms with van der Waals surface area (Å²) in [5.74, 6) is -1.85. The van der Waals surface area contributed by atoms with Crippen LogP contribution in [0.3, 0.4) is 0 Å². The second-order valence-electron chi connectivity index (χ2n) is 2.21. The number of ether oxygens (including phenoxy) is 2. The molecule has 0 N–H and O–H groups in total. The minimum Gasteiger partial charge on any atom is -0.458 e. The van der Waals surface area contributed by atoms with Crippen molar-refractivity contribution in [3.63, 3.8) is 0 Å². The van der Waals surface area contributed by atoms with Gasteiger partial charge in [0, 0.05) is 0 Å². The first-order valence-electron chi connectivity index (χ1n) is 4.17. The summed E-state index contributed by atoms with van der Waals surface area (Å²) in [6.45, 7) is 3.89. The molecule has 74 valence electrons. The molecule has 0 amide bonds. The second-order valence-corrected chi connectivity index (χ2v) is 2.21. The largest absolute Gasteiger partial charge is 0.458 e. The maximum absolute atomic E-state index is 10.8. The Balaban J connectivity index is 3.56. The van der Waals surface area contributed by atoms with E-state index in [2.05, 4.69) is 9.47 Å². The van der Waals surface area contributed by atoms with Gasteiger partial charge in [0.05, 0.1) is 13.2 Å². The molecule has 0 radical (unpaired) electrons. The van der Waals surface area contributed by atoms with E-state index in [4.69, 9.17) is 0 Å². The van der Waals surface area contributed by atoms with Crippen LogP contribution in [0.1, 0.15) is 20.3 Å². The second kappa shape index (κ2) is 7.34. The first-order chi connectivity index (χ1) is 6.22. The molecule has 0 spiro atoms. The maximum atomic E-state index is 10.8. The number of hydrogen-bond donors (Lipinski definition) is 0. The molecule has 0 aliphatic heterocycles. The minimum atomic E-state index is -0.928. The number of allylic oxidation sites excluding steroid dienone is 1. The molecule has 0 saturated carbocycles. The highest BCUT2D eigenvalue weighted by Gasteiger charge is 2.15. The number of rotatable bonds is 4. The quantitative estimate of drug-likeness (QED) is 0.285. The lowest BCUT2D eigenvalue weighted by Gasteiger charge is -2.01. The molecule has 0 aliphatic rings. The molecule has 0 aromatic heterocycles. The predicted molar refractivity (Wildman–Crippen MR) is 47.0 cm³/mol. The number of carbonyl (C=O) groups excluding carboxylic acids is 2. The Labute approximate surface area is 77.5 Å². The standard InChI is InChI=1S/C9H14O4/c1-3-5-6-7-13-9(11)8(10)12-4-2/h3,5H,4,6-7H2,1-2H3. The lowest BCUT2D eigenvalue weighted by molar-refractivity contribution is -0.167. The van der Waals surface area contributed by atoms with Crippen molar-refractivity contribution >= 4 is 11.9 Å². The summed E-state index contributed by atoms with van der Waals surface area (Å²) in [4.78, 5) is 21.5. The molecule has 0 aromatic carbocycles. The average molecular weight is 186 g/mol. The van der Waals surface area contributed by atoms with Crippen LogP contribution in [0, 0.1) is 0 Å².